The third-order valence-electron chi connectivity index (χ3n) is 3.32. The van der Waals surface area contributed by atoms with Gasteiger partial charge in [0.1, 0.15) is 6.10 Å². The zero-order valence-electron chi connectivity index (χ0n) is 11.0. The molecule has 98 valence electrons. The average molecular weight is 272 g/mol. The summed E-state index contributed by atoms with van der Waals surface area (Å²) in [6, 6.07) is 10.1. The summed E-state index contributed by atoms with van der Waals surface area (Å²) in [7, 11) is 0. The monoisotopic (exact) mass is 272 g/mol. The van der Waals surface area contributed by atoms with Crippen molar-refractivity contribution in [3.05, 3.63) is 52.7 Å². The van der Waals surface area contributed by atoms with Gasteiger partial charge in [0, 0.05) is 16.8 Å². The Hall–Kier alpha value is -1.65. The summed E-state index contributed by atoms with van der Waals surface area (Å²) >= 11 is 1.67. The van der Waals surface area contributed by atoms with Crippen LogP contribution in [0.25, 0.3) is 10.1 Å². The first kappa shape index (κ1) is 12.4. The van der Waals surface area contributed by atoms with E-state index in [0.29, 0.717) is 0 Å². The molecule has 3 aromatic rings. The lowest BCUT2D eigenvalue weighted by molar-refractivity contribution is 0.209. The molecule has 19 heavy (non-hydrogen) atoms. The standard InChI is InChI=1S/C15H16N2OS/c1-3-17-13(9-10(2)16-17)14(18)12-6-4-5-11-7-8-19-15(11)12/h4-9,14,18H,3H2,1-2H3. The molecule has 0 saturated carbocycles. The molecule has 1 unspecified atom stereocenters. The van der Waals surface area contributed by atoms with E-state index in [2.05, 4.69) is 22.6 Å². The first-order valence-corrected chi connectivity index (χ1v) is 7.27. The normalized spacial score (nSPS) is 13.0. The van der Waals surface area contributed by atoms with Crippen LogP contribution in [0.1, 0.15) is 30.0 Å². The van der Waals surface area contributed by atoms with Gasteiger partial charge in [0.05, 0.1) is 11.4 Å². The van der Waals surface area contributed by atoms with Crippen LogP contribution in [0, 0.1) is 6.92 Å². The number of fused-ring (bicyclic) bond motifs is 1. The van der Waals surface area contributed by atoms with Gasteiger partial charge < -0.3 is 5.11 Å². The van der Waals surface area contributed by atoms with E-state index in [-0.39, 0.29) is 0 Å². The van der Waals surface area contributed by atoms with Crippen molar-refractivity contribution >= 4 is 21.4 Å². The molecular formula is C15H16N2OS. The minimum atomic E-state index is -0.622. The molecule has 0 amide bonds. The first-order valence-electron chi connectivity index (χ1n) is 6.39. The SMILES string of the molecule is CCn1nc(C)cc1C(O)c1cccc2ccsc12. The lowest BCUT2D eigenvalue weighted by atomic mass is 10.0. The Morgan fingerprint density at radius 1 is 1.37 bits per heavy atom. The van der Waals surface area contributed by atoms with Crippen LogP contribution in [-0.2, 0) is 6.54 Å². The molecule has 0 aliphatic carbocycles. The maximum Gasteiger partial charge on any atom is 0.122 e. The lowest BCUT2D eigenvalue weighted by Gasteiger charge is -2.13. The topological polar surface area (TPSA) is 38.0 Å². The molecule has 2 aromatic heterocycles. The Morgan fingerprint density at radius 3 is 3.00 bits per heavy atom. The predicted molar refractivity (Wildman–Crippen MR) is 78.5 cm³/mol. The van der Waals surface area contributed by atoms with Gasteiger partial charge >= 0.3 is 0 Å². The Labute approximate surface area is 116 Å². The minimum absolute atomic E-state index is 0.622. The van der Waals surface area contributed by atoms with E-state index >= 15 is 0 Å². The van der Waals surface area contributed by atoms with Crippen molar-refractivity contribution in [3.63, 3.8) is 0 Å². The smallest absolute Gasteiger partial charge is 0.122 e. The Bertz CT molecular complexity index is 714. The molecule has 0 bridgehead atoms. The van der Waals surface area contributed by atoms with Gasteiger partial charge in [-0.3, -0.25) is 4.68 Å². The van der Waals surface area contributed by atoms with Crippen molar-refractivity contribution in [3.8, 4) is 0 Å². The van der Waals surface area contributed by atoms with Gasteiger partial charge in [0.2, 0.25) is 0 Å². The molecule has 2 heterocycles. The number of hydrogen-bond acceptors (Lipinski definition) is 3. The fourth-order valence-corrected chi connectivity index (χ4v) is 3.37. The van der Waals surface area contributed by atoms with E-state index in [1.54, 1.807) is 11.3 Å². The summed E-state index contributed by atoms with van der Waals surface area (Å²) < 4.78 is 3.02. The van der Waals surface area contributed by atoms with Gasteiger partial charge in [-0.1, -0.05) is 18.2 Å². The molecule has 0 radical (unpaired) electrons. The quantitative estimate of drug-likeness (QED) is 0.792. The molecular weight excluding hydrogens is 256 g/mol. The molecule has 4 heteroatoms. The minimum Gasteiger partial charge on any atom is -0.382 e. The van der Waals surface area contributed by atoms with Crippen molar-refractivity contribution in [1.29, 1.82) is 0 Å². The number of aliphatic hydroxyl groups excluding tert-OH is 1. The molecule has 0 saturated heterocycles. The number of aliphatic hydroxyl groups is 1. The largest absolute Gasteiger partial charge is 0.382 e. The summed E-state index contributed by atoms with van der Waals surface area (Å²) in [5.74, 6) is 0. The Kier molecular flexibility index (Phi) is 3.12. The fourth-order valence-electron chi connectivity index (χ4n) is 2.43. The van der Waals surface area contributed by atoms with E-state index in [1.165, 1.54) is 5.39 Å². The second-order valence-electron chi connectivity index (χ2n) is 4.62. The summed E-state index contributed by atoms with van der Waals surface area (Å²) in [4.78, 5) is 0. The van der Waals surface area contributed by atoms with Crippen LogP contribution in [0.4, 0.5) is 0 Å². The molecule has 3 rings (SSSR count). The Morgan fingerprint density at radius 2 is 2.21 bits per heavy atom. The third-order valence-corrected chi connectivity index (χ3v) is 4.30. The molecule has 1 N–H and O–H groups in total. The van der Waals surface area contributed by atoms with Gasteiger partial charge in [0.15, 0.2) is 0 Å². The van der Waals surface area contributed by atoms with Gasteiger partial charge in [-0.05, 0) is 36.7 Å². The average Bonchev–Trinajstić information content (AvgIpc) is 3.03. The van der Waals surface area contributed by atoms with Crippen molar-refractivity contribution < 1.29 is 5.11 Å². The number of aryl methyl sites for hydroxylation is 2. The maximum absolute atomic E-state index is 10.7. The van der Waals surface area contributed by atoms with E-state index in [0.717, 1.165) is 28.2 Å². The van der Waals surface area contributed by atoms with Crippen molar-refractivity contribution in [2.75, 3.05) is 0 Å². The molecule has 0 fully saturated rings. The summed E-state index contributed by atoms with van der Waals surface area (Å²) in [6.07, 6.45) is -0.622. The van der Waals surface area contributed by atoms with Crippen LogP contribution < -0.4 is 0 Å². The van der Waals surface area contributed by atoms with Crippen molar-refractivity contribution in [2.24, 2.45) is 0 Å². The van der Waals surface area contributed by atoms with Crippen molar-refractivity contribution in [1.82, 2.24) is 9.78 Å². The molecule has 1 aromatic carbocycles. The summed E-state index contributed by atoms with van der Waals surface area (Å²) in [5.41, 5.74) is 2.76. The number of aromatic nitrogens is 2. The van der Waals surface area contributed by atoms with Crippen LogP contribution in [0.3, 0.4) is 0 Å². The van der Waals surface area contributed by atoms with Gasteiger partial charge in [-0.15, -0.1) is 11.3 Å². The lowest BCUT2D eigenvalue weighted by Crippen LogP contribution is -2.09. The van der Waals surface area contributed by atoms with Crippen LogP contribution >= 0.6 is 11.3 Å². The third kappa shape index (κ3) is 2.07. The van der Waals surface area contributed by atoms with Crippen molar-refractivity contribution in [2.45, 2.75) is 26.5 Å². The molecule has 3 nitrogen and oxygen atoms in total. The highest BCUT2D eigenvalue weighted by Gasteiger charge is 2.18. The van der Waals surface area contributed by atoms with E-state index < -0.39 is 6.10 Å². The fraction of sp³-hybridized carbons (Fsp3) is 0.267. The molecule has 1 atom stereocenters. The highest BCUT2D eigenvalue weighted by atomic mass is 32.1. The molecule has 0 aliphatic heterocycles. The first-order chi connectivity index (χ1) is 9.20. The van der Waals surface area contributed by atoms with E-state index in [1.807, 2.05) is 36.7 Å². The second-order valence-corrected chi connectivity index (χ2v) is 5.53. The van der Waals surface area contributed by atoms with Gasteiger partial charge in [-0.25, -0.2) is 0 Å². The van der Waals surface area contributed by atoms with E-state index in [9.17, 15) is 5.11 Å². The maximum atomic E-state index is 10.7. The summed E-state index contributed by atoms with van der Waals surface area (Å²) in [6.45, 7) is 4.75. The number of benzene rings is 1. The van der Waals surface area contributed by atoms with Crippen LogP contribution in [0.5, 0.6) is 0 Å². The number of rotatable bonds is 3. The van der Waals surface area contributed by atoms with Crippen LogP contribution in [-0.4, -0.2) is 14.9 Å². The second kappa shape index (κ2) is 4.79. The number of thiophene rings is 1. The highest BCUT2D eigenvalue weighted by molar-refractivity contribution is 7.17. The zero-order valence-corrected chi connectivity index (χ0v) is 11.8. The highest BCUT2D eigenvalue weighted by Crippen LogP contribution is 2.32. The summed E-state index contributed by atoms with van der Waals surface area (Å²) in [5, 5.41) is 18.3. The Balaban J connectivity index is 2.12. The van der Waals surface area contributed by atoms with Gasteiger partial charge in [0.25, 0.3) is 0 Å². The number of nitrogens with zero attached hydrogens (tertiary/aromatic N) is 2. The number of hydrogen-bond donors (Lipinski definition) is 1. The van der Waals surface area contributed by atoms with Gasteiger partial charge in [-0.2, -0.15) is 5.10 Å². The zero-order chi connectivity index (χ0) is 13.4. The predicted octanol–water partition coefficient (Wildman–Crippen LogP) is 3.51. The molecule has 0 aliphatic rings. The molecule has 0 spiro atoms. The van der Waals surface area contributed by atoms with Crippen LogP contribution in [0.15, 0.2) is 35.7 Å². The van der Waals surface area contributed by atoms with E-state index in [4.69, 9.17) is 0 Å². The van der Waals surface area contributed by atoms with Crippen LogP contribution in [0.2, 0.25) is 0 Å².